The normalized spacial score (nSPS) is 14.0. The fourth-order valence-electron chi connectivity index (χ4n) is 3.92. The molecule has 0 saturated heterocycles. The van der Waals surface area contributed by atoms with Gasteiger partial charge in [-0.3, -0.25) is 9.80 Å². The molecular weight excluding hydrogens is 467 g/mol. The van der Waals surface area contributed by atoms with E-state index in [0.717, 1.165) is 29.8 Å². The maximum Gasteiger partial charge on any atom is 0.288 e. The van der Waals surface area contributed by atoms with Crippen molar-refractivity contribution < 1.29 is 4.79 Å². The van der Waals surface area contributed by atoms with E-state index in [1.165, 1.54) is 0 Å². The van der Waals surface area contributed by atoms with Gasteiger partial charge in [-0.05, 0) is 50.6 Å². The molecule has 1 aromatic heterocycles. The number of aromatic nitrogens is 2. The largest absolute Gasteiger partial charge is 0.288 e. The number of hydrogen-bond acceptors (Lipinski definition) is 3. The second kappa shape index (κ2) is 9.67. The number of rotatable bonds is 5. The number of halogens is 3. The highest BCUT2D eigenvalue weighted by atomic mass is 35.5. The van der Waals surface area contributed by atoms with Crippen LogP contribution in [0.2, 0.25) is 15.1 Å². The summed E-state index contributed by atoms with van der Waals surface area (Å²) in [6, 6.07) is 12.7. The Labute approximate surface area is 202 Å². The van der Waals surface area contributed by atoms with Crippen molar-refractivity contribution in [3.8, 4) is 16.9 Å². The highest BCUT2D eigenvalue weighted by Gasteiger charge is 2.29. The Morgan fingerprint density at radius 3 is 2.41 bits per heavy atom. The lowest BCUT2D eigenvalue weighted by atomic mass is 10.1. The number of benzene rings is 2. The number of carbonyl (C=O) groups excluding carboxylic acids is 1. The molecule has 0 unspecified atom stereocenters. The molecule has 1 aliphatic rings. The zero-order valence-corrected chi connectivity index (χ0v) is 20.1. The van der Waals surface area contributed by atoms with Gasteiger partial charge in [0.25, 0.3) is 5.91 Å². The molecule has 0 bridgehead atoms. The smallest absolute Gasteiger partial charge is 0.270 e. The Balaban J connectivity index is 1.86. The van der Waals surface area contributed by atoms with E-state index in [0.29, 0.717) is 39.5 Å². The van der Waals surface area contributed by atoms with Crippen molar-refractivity contribution in [2.45, 2.75) is 20.3 Å². The number of nitrogens with zero attached hydrogens (tertiary/aromatic N) is 4. The first-order valence-electron chi connectivity index (χ1n) is 10.4. The number of hydrogen-bond donors (Lipinski definition) is 0. The molecule has 1 aliphatic heterocycles. The predicted octanol–water partition coefficient (Wildman–Crippen LogP) is 6.45. The van der Waals surface area contributed by atoms with Crippen LogP contribution >= 0.6 is 34.8 Å². The summed E-state index contributed by atoms with van der Waals surface area (Å²) in [5, 5.41) is 10.2. The minimum Gasteiger partial charge on any atom is -0.270 e. The highest BCUT2D eigenvalue weighted by molar-refractivity contribution is 6.35. The molecule has 2 heterocycles. The molecule has 2 aromatic carbocycles. The van der Waals surface area contributed by atoms with E-state index in [-0.39, 0.29) is 5.91 Å². The standard InChI is InChI=1S/C24H23Cl3N4O/c1-3-30(29-13-5-4-6-14-29)24(32)22-16(2)23(17-7-9-18(25)10-8-17)31(28-22)21-12-11-19(26)15-20(21)27/h4-5,7-12,15H,3,6,13-14H2,1-2H3. The molecule has 0 spiro atoms. The van der Waals surface area contributed by atoms with Gasteiger partial charge in [-0.15, -0.1) is 0 Å². The molecule has 0 atom stereocenters. The predicted molar refractivity (Wildman–Crippen MR) is 131 cm³/mol. The minimum absolute atomic E-state index is 0.139. The first-order chi connectivity index (χ1) is 15.4. The fraction of sp³-hybridized carbons (Fsp3) is 0.250. The Hall–Kier alpha value is -2.31. The number of hydrazine groups is 1. The maximum atomic E-state index is 13.6. The molecule has 32 heavy (non-hydrogen) atoms. The van der Waals surface area contributed by atoms with Crippen LogP contribution in [0, 0.1) is 6.92 Å². The third-order valence-corrected chi connectivity index (χ3v) is 6.28. The molecular formula is C24H23Cl3N4O. The van der Waals surface area contributed by atoms with Crippen LogP contribution in [0.25, 0.3) is 16.9 Å². The first kappa shape index (κ1) is 22.9. The molecule has 0 aliphatic carbocycles. The Morgan fingerprint density at radius 1 is 1.06 bits per heavy atom. The van der Waals surface area contributed by atoms with E-state index in [1.807, 2.05) is 38.1 Å². The zero-order chi connectivity index (χ0) is 22.8. The van der Waals surface area contributed by atoms with Crippen LogP contribution in [0.1, 0.15) is 29.4 Å². The molecule has 4 rings (SSSR count). The summed E-state index contributed by atoms with van der Waals surface area (Å²) >= 11 is 18.7. The van der Waals surface area contributed by atoms with E-state index in [2.05, 4.69) is 17.2 Å². The van der Waals surface area contributed by atoms with E-state index in [1.54, 1.807) is 27.9 Å². The summed E-state index contributed by atoms with van der Waals surface area (Å²) in [4.78, 5) is 13.6. The van der Waals surface area contributed by atoms with Gasteiger partial charge in [0.15, 0.2) is 5.69 Å². The first-order valence-corrected chi connectivity index (χ1v) is 11.6. The molecule has 0 saturated carbocycles. The average Bonchev–Trinajstić information content (AvgIpc) is 3.12. The molecule has 166 valence electrons. The van der Waals surface area contributed by atoms with Gasteiger partial charge >= 0.3 is 0 Å². The summed E-state index contributed by atoms with van der Waals surface area (Å²) in [6.07, 6.45) is 5.13. The van der Waals surface area contributed by atoms with Crippen molar-refractivity contribution >= 4 is 40.7 Å². The Morgan fingerprint density at radius 2 is 1.78 bits per heavy atom. The average molecular weight is 490 g/mol. The maximum absolute atomic E-state index is 13.6. The fourth-order valence-corrected chi connectivity index (χ4v) is 4.53. The third kappa shape index (κ3) is 4.44. The number of amides is 1. The molecule has 0 radical (unpaired) electrons. The summed E-state index contributed by atoms with van der Waals surface area (Å²) < 4.78 is 1.72. The Bertz CT molecular complexity index is 1170. The van der Waals surface area contributed by atoms with Gasteiger partial charge in [0.2, 0.25) is 0 Å². The summed E-state index contributed by atoms with van der Waals surface area (Å²) in [7, 11) is 0. The van der Waals surface area contributed by atoms with Crippen LogP contribution < -0.4 is 0 Å². The van der Waals surface area contributed by atoms with Crippen LogP contribution in [0.3, 0.4) is 0 Å². The van der Waals surface area contributed by atoms with Crippen LogP contribution in [0.5, 0.6) is 0 Å². The van der Waals surface area contributed by atoms with Crippen LogP contribution in [0.15, 0.2) is 54.6 Å². The number of carbonyl (C=O) groups is 1. The molecule has 0 N–H and O–H groups in total. The topological polar surface area (TPSA) is 41.4 Å². The van der Waals surface area contributed by atoms with Gasteiger partial charge in [-0.2, -0.15) is 5.10 Å². The van der Waals surface area contributed by atoms with Crippen molar-refractivity contribution in [3.63, 3.8) is 0 Å². The summed E-state index contributed by atoms with van der Waals surface area (Å²) in [5.41, 5.74) is 3.47. The molecule has 8 heteroatoms. The van der Waals surface area contributed by atoms with Gasteiger partial charge in [0.05, 0.1) is 16.4 Å². The van der Waals surface area contributed by atoms with Crippen LogP contribution in [0.4, 0.5) is 0 Å². The van der Waals surface area contributed by atoms with E-state index < -0.39 is 0 Å². The van der Waals surface area contributed by atoms with E-state index >= 15 is 0 Å². The van der Waals surface area contributed by atoms with E-state index in [4.69, 9.17) is 39.9 Å². The van der Waals surface area contributed by atoms with Crippen molar-refractivity contribution in [2.24, 2.45) is 0 Å². The summed E-state index contributed by atoms with van der Waals surface area (Å²) in [5.74, 6) is -0.139. The van der Waals surface area contributed by atoms with Crippen molar-refractivity contribution in [2.75, 3.05) is 19.6 Å². The summed E-state index contributed by atoms with van der Waals surface area (Å²) in [6.45, 7) is 5.93. The van der Waals surface area contributed by atoms with Crippen molar-refractivity contribution in [1.29, 1.82) is 0 Å². The molecule has 0 fully saturated rings. The molecule has 3 aromatic rings. The SMILES string of the molecule is CCN(C(=O)c1nn(-c2ccc(Cl)cc2Cl)c(-c2ccc(Cl)cc2)c1C)N1CC=CCC1. The van der Waals surface area contributed by atoms with Crippen molar-refractivity contribution in [3.05, 3.63) is 80.9 Å². The minimum atomic E-state index is -0.139. The second-order valence-electron chi connectivity index (χ2n) is 7.53. The lowest BCUT2D eigenvalue weighted by Crippen LogP contribution is -2.48. The highest BCUT2D eigenvalue weighted by Crippen LogP contribution is 2.33. The van der Waals surface area contributed by atoms with Gasteiger partial charge in [-0.25, -0.2) is 9.69 Å². The monoisotopic (exact) mass is 488 g/mol. The van der Waals surface area contributed by atoms with Gasteiger partial charge in [0.1, 0.15) is 0 Å². The van der Waals surface area contributed by atoms with Crippen molar-refractivity contribution in [1.82, 2.24) is 19.8 Å². The lowest BCUT2D eigenvalue weighted by Gasteiger charge is -2.34. The Kier molecular flexibility index (Phi) is 6.91. The lowest BCUT2D eigenvalue weighted by molar-refractivity contribution is -0.00215. The quantitative estimate of drug-likeness (QED) is 0.387. The second-order valence-corrected chi connectivity index (χ2v) is 8.81. The third-order valence-electron chi connectivity index (χ3n) is 5.49. The zero-order valence-electron chi connectivity index (χ0n) is 17.9. The van der Waals surface area contributed by atoms with Gasteiger partial charge in [-0.1, -0.05) is 59.1 Å². The molecule has 1 amide bonds. The van der Waals surface area contributed by atoms with Gasteiger partial charge < -0.3 is 0 Å². The van der Waals surface area contributed by atoms with Gasteiger partial charge in [0, 0.05) is 40.8 Å². The van der Waals surface area contributed by atoms with Crippen LogP contribution in [-0.4, -0.2) is 45.3 Å². The molecule has 5 nitrogen and oxygen atoms in total. The van der Waals surface area contributed by atoms with E-state index in [9.17, 15) is 4.79 Å². The van der Waals surface area contributed by atoms with Crippen LogP contribution in [-0.2, 0) is 0 Å².